The first-order valence-electron chi connectivity index (χ1n) is 17.5. The van der Waals surface area contributed by atoms with E-state index in [0.717, 1.165) is 56.2 Å². The first-order valence-corrected chi connectivity index (χ1v) is 20.4. The van der Waals surface area contributed by atoms with Gasteiger partial charge in [0, 0.05) is 47.9 Å². The standard InChI is InChI=1S/C43H41N3O6S2/c1-3-45(30-32-10-8-14-41(28-32)53(47,48)49)39-24-18-35(19-25-39)43(34-16-22-38(23-17-34)44-37-12-6-5-7-13-37)36-20-26-40(27-21-36)46(4-2)31-33-11-9-15-42(29-33)54(50,51)52/h5-29H,3-4,30-31H2,1-2H3,(H2,47,48,49,50,51,52)/p+1. The molecule has 0 spiro atoms. The van der Waals surface area contributed by atoms with Gasteiger partial charge in [0.1, 0.15) is 6.54 Å². The second-order valence-corrected chi connectivity index (χ2v) is 15.7. The lowest BCUT2D eigenvalue weighted by Gasteiger charge is -2.24. The maximum absolute atomic E-state index is 11.7. The molecule has 276 valence electrons. The van der Waals surface area contributed by atoms with Gasteiger partial charge in [-0.15, -0.1) is 0 Å². The molecule has 3 N–H and O–H groups in total. The van der Waals surface area contributed by atoms with Crippen LogP contribution in [0.15, 0.2) is 167 Å². The minimum Gasteiger partial charge on any atom is -0.367 e. The van der Waals surface area contributed by atoms with E-state index in [2.05, 4.69) is 87.6 Å². The normalized spacial score (nSPS) is 12.8. The third-order valence-corrected chi connectivity index (χ3v) is 10.9. The highest BCUT2D eigenvalue weighted by molar-refractivity contribution is 7.86. The van der Waals surface area contributed by atoms with Gasteiger partial charge in [-0.3, -0.25) is 9.11 Å². The minimum absolute atomic E-state index is 0.130. The van der Waals surface area contributed by atoms with E-state index in [4.69, 9.17) is 0 Å². The van der Waals surface area contributed by atoms with Crippen molar-refractivity contribution in [3.8, 4) is 0 Å². The molecule has 1 aliphatic carbocycles. The predicted octanol–water partition coefficient (Wildman–Crippen LogP) is 8.55. The fraction of sp³-hybridized carbons (Fsp3) is 0.140. The Labute approximate surface area is 317 Å². The summed E-state index contributed by atoms with van der Waals surface area (Å²) in [4.78, 5) is 1.88. The lowest BCUT2D eigenvalue weighted by molar-refractivity contribution is -0.539. The molecule has 6 rings (SSSR count). The molecule has 0 unspecified atom stereocenters. The zero-order chi connectivity index (χ0) is 38.3. The van der Waals surface area contributed by atoms with Crippen molar-refractivity contribution >= 4 is 48.6 Å². The van der Waals surface area contributed by atoms with Gasteiger partial charge >= 0.3 is 0 Å². The van der Waals surface area contributed by atoms with E-state index in [1.165, 1.54) is 24.3 Å². The summed E-state index contributed by atoms with van der Waals surface area (Å²) >= 11 is 0. The van der Waals surface area contributed by atoms with Gasteiger partial charge in [0.25, 0.3) is 20.2 Å². The largest absolute Gasteiger partial charge is 0.367 e. The maximum Gasteiger partial charge on any atom is 0.294 e. The van der Waals surface area contributed by atoms with Gasteiger partial charge in [-0.05, 0) is 114 Å². The maximum atomic E-state index is 11.7. The third kappa shape index (κ3) is 9.49. The Bertz CT molecular complexity index is 2450. The first kappa shape index (κ1) is 38.1. The molecular weight excluding hydrogens is 719 g/mol. The third-order valence-electron chi connectivity index (χ3n) is 9.18. The van der Waals surface area contributed by atoms with Crippen LogP contribution in [0, 0.1) is 0 Å². The fourth-order valence-corrected chi connectivity index (χ4v) is 7.51. The van der Waals surface area contributed by atoms with Crippen molar-refractivity contribution in [3.05, 3.63) is 180 Å². The summed E-state index contributed by atoms with van der Waals surface area (Å²) in [6.07, 6.45) is 8.30. The molecule has 0 atom stereocenters. The Kier molecular flexibility index (Phi) is 11.7. The lowest BCUT2D eigenvalue weighted by Crippen LogP contribution is -2.22. The van der Waals surface area contributed by atoms with Crippen LogP contribution >= 0.6 is 0 Å². The summed E-state index contributed by atoms with van der Waals surface area (Å²) < 4.78 is 68.2. The molecule has 5 aromatic rings. The zero-order valence-electron chi connectivity index (χ0n) is 30.0. The molecule has 0 saturated carbocycles. The molecule has 1 aliphatic rings. The second kappa shape index (κ2) is 16.6. The van der Waals surface area contributed by atoms with E-state index in [0.29, 0.717) is 26.2 Å². The van der Waals surface area contributed by atoms with E-state index in [1.54, 1.807) is 12.1 Å². The van der Waals surface area contributed by atoms with Crippen LogP contribution in [0.1, 0.15) is 36.1 Å². The van der Waals surface area contributed by atoms with Crippen LogP contribution < -0.4 is 10.2 Å². The molecule has 11 heteroatoms. The molecule has 0 radical (unpaired) electrons. The number of hydrogen-bond donors (Lipinski definition) is 3. The Morgan fingerprint density at radius 3 is 1.72 bits per heavy atom. The smallest absolute Gasteiger partial charge is 0.294 e. The summed E-state index contributed by atoms with van der Waals surface area (Å²) in [6.45, 7) is 6.35. The lowest BCUT2D eigenvalue weighted by atomic mass is 9.90. The Hall–Kier alpha value is -5.59. The molecule has 0 saturated heterocycles. The Morgan fingerprint density at radius 2 is 1.17 bits per heavy atom. The summed E-state index contributed by atoms with van der Waals surface area (Å²) in [5, 5.41) is 3.45. The summed E-state index contributed by atoms with van der Waals surface area (Å²) in [7, 11) is -8.61. The van der Waals surface area contributed by atoms with Gasteiger partial charge in [-0.25, -0.2) is 4.58 Å². The average molecular weight is 761 g/mol. The quantitative estimate of drug-likeness (QED) is 0.0806. The van der Waals surface area contributed by atoms with Crippen LogP contribution in [0.2, 0.25) is 0 Å². The van der Waals surface area contributed by atoms with Crippen LogP contribution in [0.5, 0.6) is 0 Å². The number of nitrogens with zero attached hydrogens (tertiary/aromatic N) is 2. The molecule has 0 heterocycles. The van der Waals surface area contributed by atoms with E-state index in [-0.39, 0.29) is 9.79 Å². The second-order valence-electron chi connectivity index (χ2n) is 12.8. The van der Waals surface area contributed by atoms with Crippen molar-refractivity contribution in [3.63, 3.8) is 0 Å². The van der Waals surface area contributed by atoms with Crippen LogP contribution in [0.3, 0.4) is 0 Å². The van der Waals surface area contributed by atoms with Gasteiger partial charge in [0.05, 0.1) is 9.79 Å². The average Bonchev–Trinajstić information content (AvgIpc) is 3.17. The van der Waals surface area contributed by atoms with Gasteiger partial charge in [0.15, 0.2) is 12.3 Å². The van der Waals surface area contributed by atoms with Crippen LogP contribution in [-0.2, 0) is 33.3 Å². The van der Waals surface area contributed by atoms with Crippen molar-refractivity contribution in [1.82, 2.24) is 0 Å². The fourth-order valence-electron chi connectivity index (χ4n) is 6.41. The van der Waals surface area contributed by atoms with Gasteiger partial charge in [-0.1, -0.05) is 66.7 Å². The monoisotopic (exact) mass is 760 g/mol. The van der Waals surface area contributed by atoms with Crippen LogP contribution in [0.25, 0.3) is 5.57 Å². The van der Waals surface area contributed by atoms with Crippen molar-refractivity contribution in [2.75, 3.05) is 23.3 Å². The van der Waals surface area contributed by atoms with Gasteiger partial charge < -0.3 is 10.2 Å². The molecule has 0 amide bonds. The van der Waals surface area contributed by atoms with Crippen molar-refractivity contribution in [2.24, 2.45) is 0 Å². The van der Waals surface area contributed by atoms with E-state index in [1.807, 2.05) is 56.3 Å². The SMILES string of the molecule is CCN(Cc1cccc(S(=O)(=O)O)c1)c1ccc(C(=C2C=CC(=[N+](CC)Cc3cccc(S(=O)(=O)O)c3)C=C2)c2ccc(Nc3ccccc3)cc2)cc1. The first-order chi connectivity index (χ1) is 25.9. The molecular formula is C43H42N3O6S2+. The Balaban J connectivity index is 1.33. The van der Waals surface area contributed by atoms with E-state index in [9.17, 15) is 25.9 Å². The Morgan fingerprint density at radius 1 is 0.630 bits per heavy atom. The molecule has 0 aliphatic heterocycles. The number of allylic oxidation sites excluding steroid dienone is 5. The van der Waals surface area contributed by atoms with Crippen molar-refractivity contribution in [2.45, 2.75) is 36.7 Å². The van der Waals surface area contributed by atoms with Gasteiger partial charge in [-0.2, -0.15) is 16.8 Å². The highest BCUT2D eigenvalue weighted by Crippen LogP contribution is 2.33. The van der Waals surface area contributed by atoms with Crippen molar-refractivity contribution < 1.29 is 30.5 Å². The minimum atomic E-state index is -4.31. The number of benzene rings is 5. The topological polar surface area (TPSA) is 127 Å². The molecule has 0 aromatic heterocycles. The van der Waals surface area contributed by atoms with Crippen LogP contribution in [0.4, 0.5) is 17.1 Å². The van der Waals surface area contributed by atoms with Gasteiger partial charge in [0.2, 0.25) is 0 Å². The number of para-hydroxylation sites is 1. The molecule has 54 heavy (non-hydrogen) atoms. The number of rotatable bonds is 13. The number of nitrogens with one attached hydrogen (secondary N) is 1. The highest BCUT2D eigenvalue weighted by atomic mass is 32.2. The highest BCUT2D eigenvalue weighted by Gasteiger charge is 2.18. The van der Waals surface area contributed by atoms with Crippen LogP contribution in [-0.4, -0.2) is 49.3 Å². The number of hydrogen-bond acceptors (Lipinski definition) is 6. The summed E-state index contributed by atoms with van der Waals surface area (Å²) in [5.41, 5.74) is 9.49. The van der Waals surface area contributed by atoms with E-state index >= 15 is 0 Å². The predicted molar refractivity (Wildman–Crippen MR) is 216 cm³/mol. The molecule has 9 nitrogen and oxygen atoms in total. The van der Waals surface area contributed by atoms with E-state index < -0.39 is 20.2 Å². The zero-order valence-corrected chi connectivity index (χ0v) is 31.6. The number of anilines is 3. The van der Waals surface area contributed by atoms with Crippen molar-refractivity contribution in [1.29, 1.82) is 0 Å². The molecule has 0 fully saturated rings. The summed E-state index contributed by atoms with van der Waals surface area (Å²) in [5.74, 6) is 0. The summed E-state index contributed by atoms with van der Waals surface area (Å²) in [6, 6.07) is 39.3. The molecule has 5 aromatic carbocycles. The molecule has 0 bridgehead atoms.